The van der Waals surface area contributed by atoms with Gasteiger partial charge in [0.05, 0.1) is 13.7 Å². The Labute approximate surface area is 166 Å². The van der Waals surface area contributed by atoms with Crippen molar-refractivity contribution >= 4 is 5.69 Å². The molecule has 2 heterocycles. The molecule has 146 valence electrons. The number of ether oxygens (including phenoxy) is 1. The van der Waals surface area contributed by atoms with E-state index in [1.807, 2.05) is 4.68 Å². The van der Waals surface area contributed by atoms with Gasteiger partial charge in [-0.15, -0.1) is 0 Å². The fourth-order valence-electron chi connectivity index (χ4n) is 3.89. The Hall–Kier alpha value is -2.86. The van der Waals surface area contributed by atoms with E-state index in [0.29, 0.717) is 12.6 Å². The van der Waals surface area contributed by atoms with Crippen LogP contribution in [-0.4, -0.2) is 45.9 Å². The lowest BCUT2D eigenvalue weighted by molar-refractivity contribution is 0.208. The summed E-state index contributed by atoms with van der Waals surface area (Å²) in [7, 11) is 1.71. The molecule has 3 aromatic rings. The summed E-state index contributed by atoms with van der Waals surface area (Å²) >= 11 is 0. The molecule has 0 aliphatic carbocycles. The van der Waals surface area contributed by atoms with Gasteiger partial charge >= 0.3 is 0 Å². The maximum absolute atomic E-state index is 5.54. The molecular weight excluding hydrogens is 350 g/mol. The SMILES string of the molecule is COc1ccc(CN2CCC[C@@H](Nc3ccccc3)C2)cc1Cn1cncn1. The normalized spacial score (nSPS) is 17.4. The third-order valence-corrected chi connectivity index (χ3v) is 5.20. The molecule has 28 heavy (non-hydrogen) atoms. The van der Waals surface area contributed by atoms with E-state index < -0.39 is 0 Å². The van der Waals surface area contributed by atoms with Crippen molar-refractivity contribution in [2.24, 2.45) is 0 Å². The van der Waals surface area contributed by atoms with Gasteiger partial charge in [0.25, 0.3) is 0 Å². The first-order valence-corrected chi connectivity index (χ1v) is 9.82. The van der Waals surface area contributed by atoms with Crippen LogP contribution >= 0.6 is 0 Å². The van der Waals surface area contributed by atoms with Crippen LogP contribution < -0.4 is 10.1 Å². The Bertz CT molecular complexity index is 866. The van der Waals surface area contributed by atoms with Gasteiger partial charge in [-0.05, 0) is 49.2 Å². The van der Waals surface area contributed by atoms with Gasteiger partial charge in [0.2, 0.25) is 0 Å². The minimum absolute atomic E-state index is 0.490. The molecule has 0 spiro atoms. The van der Waals surface area contributed by atoms with E-state index in [0.717, 1.165) is 30.9 Å². The second-order valence-corrected chi connectivity index (χ2v) is 7.32. The quantitative estimate of drug-likeness (QED) is 0.684. The highest BCUT2D eigenvalue weighted by atomic mass is 16.5. The molecule has 1 aliphatic rings. The second kappa shape index (κ2) is 8.89. The van der Waals surface area contributed by atoms with E-state index in [4.69, 9.17) is 4.74 Å². The minimum atomic E-state index is 0.490. The molecule has 1 aliphatic heterocycles. The van der Waals surface area contributed by atoms with Gasteiger partial charge in [0, 0.05) is 30.4 Å². The Morgan fingerprint density at radius 3 is 2.82 bits per heavy atom. The predicted octanol–water partition coefficient (Wildman–Crippen LogP) is 3.41. The first-order chi connectivity index (χ1) is 13.8. The number of benzene rings is 2. The molecule has 0 saturated carbocycles. The number of rotatable bonds is 7. The van der Waals surface area contributed by atoms with Crippen molar-refractivity contribution in [1.82, 2.24) is 19.7 Å². The minimum Gasteiger partial charge on any atom is -0.496 e. The van der Waals surface area contributed by atoms with Crippen LogP contribution in [0, 0.1) is 0 Å². The third-order valence-electron chi connectivity index (χ3n) is 5.20. The molecule has 0 unspecified atom stereocenters. The number of hydrogen-bond donors (Lipinski definition) is 1. The van der Waals surface area contributed by atoms with Crippen LogP contribution in [0.3, 0.4) is 0 Å². The van der Waals surface area contributed by atoms with E-state index in [2.05, 4.69) is 68.8 Å². The zero-order valence-electron chi connectivity index (χ0n) is 16.3. The summed E-state index contributed by atoms with van der Waals surface area (Å²) in [6.07, 6.45) is 5.72. The van der Waals surface area contributed by atoms with Crippen molar-refractivity contribution in [3.8, 4) is 5.75 Å². The number of para-hydroxylation sites is 1. The molecule has 1 N–H and O–H groups in total. The first kappa shape index (κ1) is 18.5. The number of methoxy groups -OCH3 is 1. The molecule has 0 radical (unpaired) electrons. The molecule has 4 rings (SSSR count). The molecule has 1 fully saturated rings. The van der Waals surface area contributed by atoms with Crippen LogP contribution in [0.15, 0.2) is 61.2 Å². The number of nitrogens with zero attached hydrogens (tertiary/aromatic N) is 4. The standard InChI is InChI=1S/C22H27N5O/c1-28-22-10-9-18(12-19(22)14-27-17-23-16-24-27)13-26-11-5-8-21(15-26)25-20-6-3-2-4-7-20/h2-4,6-7,9-10,12,16-17,21,25H,5,8,11,13-15H2,1H3/t21-/m1/s1. The predicted molar refractivity (Wildman–Crippen MR) is 110 cm³/mol. The highest BCUT2D eigenvalue weighted by molar-refractivity contribution is 5.43. The van der Waals surface area contributed by atoms with Crippen LogP contribution in [0.1, 0.15) is 24.0 Å². The number of hydrogen-bond acceptors (Lipinski definition) is 5. The molecule has 6 nitrogen and oxygen atoms in total. The smallest absolute Gasteiger partial charge is 0.137 e. The van der Waals surface area contributed by atoms with E-state index >= 15 is 0 Å². The van der Waals surface area contributed by atoms with Crippen LogP contribution in [0.25, 0.3) is 0 Å². The number of piperidine rings is 1. The summed E-state index contributed by atoms with van der Waals surface area (Å²) in [6, 6.07) is 17.4. The van der Waals surface area contributed by atoms with E-state index in [9.17, 15) is 0 Å². The number of nitrogens with one attached hydrogen (secondary N) is 1. The van der Waals surface area contributed by atoms with Crippen molar-refractivity contribution in [2.75, 3.05) is 25.5 Å². The largest absolute Gasteiger partial charge is 0.496 e. The van der Waals surface area contributed by atoms with Crippen molar-refractivity contribution in [1.29, 1.82) is 0 Å². The van der Waals surface area contributed by atoms with E-state index in [1.54, 1.807) is 19.8 Å². The van der Waals surface area contributed by atoms with Crippen molar-refractivity contribution in [3.63, 3.8) is 0 Å². The molecule has 2 aromatic carbocycles. The van der Waals surface area contributed by atoms with Gasteiger partial charge in [0.15, 0.2) is 0 Å². The summed E-state index contributed by atoms with van der Waals surface area (Å²) < 4.78 is 7.36. The van der Waals surface area contributed by atoms with Gasteiger partial charge in [0.1, 0.15) is 18.4 Å². The molecule has 0 bridgehead atoms. The molecular formula is C22H27N5O. The molecule has 1 aromatic heterocycles. The first-order valence-electron chi connectivity index (χ1n) is 9.82. The average molecular weight is 377 g/mol. The molecule has 1 saturated heterocycles. The van der Waals surface area contributed by atoms with Gasteiger partial charge < -0.3 is 10.1 Å². The topological polar surface area (TPSA) is 55.2 Å². The van der Waals surface area contributed by atoms with Gasteiger partial charge in [-0.2, -0.15) is 5.10 Å². The summed E-state index contributed by atoms with van der Waals surface area (Å²) in [5.74, 6) is 0.890. The van der Waals surface area contributed by atoms with Crippen molar-refractivity contribution in [3.05, 3.63) is 72.3 Å². The monoisotopic (exact) mass is 377 g/mol. The zero-order valence-corrected chi connectivity index (χ0v) is 16.3. The molecule has 6 heteroatoms. The summed E-state index contributed by atoms with van der Waals surface area (Å²) in [4.78, 5) is 6.56. The van der Waals surface area contributed by atoms with Crippen LogP contribution in [0.2, 0.25) is 0 Å². The zero-order chi connectivity index (χ0) is 19.2. The summed E-state index contributed by atoms with van der Waals surface area (Å²) in [6.45, 7) is 3.80. The molecule has 0 amide bonds. The van der Waals surface area contributed by atoms with Gasteiger partial charge in [-0.25, -0.2) is 9.67 Å². The Kier molecular flexibility index (Phi) is 5.87. The van der Waals surface area contributed by atoms with Crippen LogP contribution in [0.5, 0.6) is 5.75 Å². The van der Waals surface area contributed by atoms with Gasteiger partial charge in [-0.1, -0.05) is 24.3 Å². The Balaban J connectivity index is 1.41. The third kappa shape index (κ3) is 4.70. The molecule has 1 atom stereocenters. The fraction of sp³-hybridized carbons (Fsp3) is 0.364. The Morgan fingerprint density at radius 2 is 2.04 bits per heavy atom. The fourth-order valence-corrected chi connectivity index (χ4v) is 3.89. The Morgan fingerprint density at radius 1 is 1.14 bits per heavy atom. The highest BCUT2D eigenvalue weighted by Gasteiger charge is 2.20. The van der Waals surface area contributed by atoms with Gasteiger partial charge in [-0.3, -0.25) is 4.90 Å². The summed E-state index contributed by atoms with van der Waals surface area (Å²) in [5.41, 5.74) is 3.63. The maximum Gasteiger partial charge on any atom is 0.137 e. The number of aromatic nitrogens is 3. The van der Waals surface area contributed by atoms with Crippen LogP contribution in [-0.2, 0) is 13.1 Å². The maximum atomic E-state index is 5.54. The average Bonchev–Trinajstić information content (AvgIpc) is 3.22. The summed E-state index contributed by atoms with van der Waals surface area (Å²) in [5, 5.41) is 7.89. The van der Waals surface area contributed by atoms with Crippen molar-refractivity contribution < 1.29 is 4.74 Å². The lowest BCUT2D eigenvalue weighted by atomic mass is 10.0. The number of likely N-dealkylation sites (tertiary alicyclic amines) is 1. The lowest BCUT2D eigenvalue weighted by Crippen LogP contribution is -2.41. The van der Waals surface area contributed by atoms with Crippen molar-refractivity contribution in [2.45, 2.75) is 32.0 Å². The number of anilines is 1. The van der Waals surface area contributed by atoms with E-state index in [1.165, 1.54) is 24.1 Å². The second-order valence-electron chi connectivity index (χ2n) is 7.32. The van der Waals surface area contributed by atoms with Crippen LogP contribution in [0.4, 0.5) is 5.69 Å². The highest BCUT2D eigenvalue weighted by Crippen LogP contribution is 2.23. The lowest BCUT2D eigenvalue weighted by Gasteiger charge is -2.33. The van der Waals surface area contributed by atoms with E-state index in [-0.39, 0.29) is 0 Å².